The van der Waals surface area contributed by atoms with Gasteiger partial charge in [0.1, 0.15) is 18.2 Å². The van der Waals surface area contributed by atoms with Crippen molar-refractivity contribution in [2.75, 3.05) is 21.0 Å². The molecule has 1 amide bonds. The Hall–Kier alpha value is -2.17. The van der Waals surface area contributed by atoms with E-state index in [9.17, 15) is 4.79 Å². The van der Waals surface area contributed by atoms with Crippen molar-refractivity contribution in [3.8, 4) is 5.75 Å². The van der Waals surface area contributed by atoms with E-state index in [1.165, 1.54) is 35.5 Å². The molecule has 0 spiro atoms. The topological polar surface area (TPSA) is 64.3 Å². The average Bonchev–Trinajstić information content (AvgIpc) is 3.30. The largest absolute Gasteiger partial charge is 0.497 e. The first-order valence-corrected chi connectivity index (χ1v) is 12.4. The molecule has 0 atom stereocenters. The minimum absolute atomic E-state index is 0.0949. The van der Waals surface area contributed by atoms with Gasteiger partial charge in [0.2, 0.25) is 0 Å². The van der Waals surface area contributed by atoms with Gasteiger partial charge in [-0.25, -0.2) is 4.99 Å². The number of thioether (sulfide) groups is 1. The molecule has 3 aromatic rings. The number of ether oxygens (including phenoxy) is 2. The van der Waals surface area contributed by atoms with Crippen molar-refractivity contribution in [1.29, 1.82) is 0 Å². The standard InChI is InChI=1S/C23H18BrClN2O4S2/c1-29-13-27-21(28)20(33-23(27)26-15-5-7-16(30-2)8-6-15)12-17-11-19(24)22(31-17)32-18-9-3-14(25)4-10-18/h3-12H,13H2,1-2H3/b20-12+,26-23?. The highest BCUT2D eigenvalue weighted by Crippen LogP contribution is 2.39. The highest BCUT2D eigenvalue weighted by Gasteiger charge is 2.33. The van der Waals surface area contributed by atoms with Crippen LogP contribution in [0.5, 0.6) is 5.75 Å². The van der Waals surface area contributed by atoms with Crippen LogP contribution in [0.3, 0.4) is 0 Å². The molecule has 33 heavy (non-hydrogen) atoms. The predicted octanol–water partition coefficient (Wildman–Crippen LogP) is 7.06. The summed E-state index contributed by atoms with van der Waals surface area (Å²) in [5.41, 5.74) is 0.704. The highest BCUT2D eigenvalue weighted by atomic mass is 79.9. The van der Waals surface area contributed by atoms with Gasteiger partial charge in [0, 0.05) is 23.1 Å². The normalized spacial score (nSPS) is 16.2. The van der Waals surface area contributed by atoms with E-state index in [1.54, 1.807) is 13.2 Å². The smallest absolute Gasteiger partial charge is 0.268 e. The number of amides is 1. The molecule has 1 aromatic heterocycles. The second-order valence-electron chi connectivity index (χ2n) is 6.69. The lowest BCUT2D eigenvalue weighted by Crippen LogP contribution is -2.30. The predicted molar refractivity (Wildman–Crippen MR) is 136 cm³/mol. The van der Waals surface area contributed by atoms with Gasteiger partial charge in [-0.3, -0.25) is 9.69 Å². The van der Waals surface area contributed by atoms with E-state index in [0.29, 0.717) is 31.6 Å². The van der Waals surface area contributed by atoms with Crippen LogP contribution in [-0.4, -0.2) is 36.9 Å². The molecule has 0 bridgehead atoms. The second-order valence-corrected chi connectivity index (χ2v) is 10.0. The van der Waals surface area contributed by atoms with Crippen molar-refractivity contribution in [2.24, 2.45) is 4.99 Å². The van der Waals surface area contributed by atoms with Crippen molar-refractivity contribution in [3.63, 3.8) is 0 Å². The zero-order valence-corrected chi connectivity index (χ0v) is 21.6. The number of halogens is 2. The molecule has 0 radical (unpaired) electrons. The van der Waals surface area contributed by atoms with Crippen LogP contribution in [0, 0.1) is 0 Å². The van der Waals surface area contributed by atoms with E-state index in [-0.39, 0.29) is 12.6 Å². The molecule has 0 N–H and O–H groups in total. The summed E-state index contributed by atoms with van der Waals surface area (Å²) >= 11 is 12.2. The maximum absolute atomic E-state index is 13.0. The zero-order chi connectivity index (χ0) is 23.4. The lowest BCUT2D eigenvalue weighted by Gasteiger charge is -2.13. The number of aliphatic imine (C=N–C) groups is 1. The molecular weight excluding hydrogens is 548 g/mol. The van der Waals surface area contributed by atoms with E-state index < -0.39 is 0 Å². The van der Waals surface area contributed by atoms with Gasteiger partial charge in [0.25, 0.3) is 5.91 Å². The summed E-state index contributed by atoms with van der Waals surface area (Å²) in [4.78, 5) is 20.6. The fourth-order valence-corrected chi connectivity index (χ4v) is 5.27. The molecule has 2 aromatic carbocycles. The Morgan fingerprint density at radius 2 is 1.91 bits per heavy atom. The van der Waals surface area contributed by atoms with Crippen LogP contribution in [0.1, 0.15) is 5.76 Å². The Morgan fingerprint density at radius 3 is 2.58 bits per heavy atom. The van der Waals surface area contributed by atoms with Crippen molar-refractivity contribution in [2.45, 2.75) is 9.99 Å². The second kappa shape index (κ2) is 10.8. The zero-order valence-electron chi connectivity index (χ0n) is 17.6. The van der Waals surface area contributed by atoms with Crippen LogP contribution in [0.15, 0.2) is 83.4 Å². The molecular formula is C23H18BrClN2O4S2. The number of benzene rings is 2. The third-order valence-electron chi connectivity index (χ3n) is 4.42. The lowest BCUT2D eigenvalue weighted by atomic mass is 10.3. The summed E-state index contributed by atoms with van der Waals surface area (Å²) in [6.45, 7) is 0.0949. The Balaban J connectivity index is 1.57. The number of hydrogen-bond donors (Lipinski definition) is 0. The molecule has 170 valence electrons. The number of carbonyl (C=O) groups is 1. The van der Waals surface area contributed by atoms with Crippen LogP contribution < -0.4 is 4.74 Å². The van der Waals surface area contributed by atoms with Gasteiger partial charge >= 0.3 is 0 Å². The van der Waals surface area contributed by atoms with Crippen molar-refractivity contribution >= 4 is 73.9 Å². The third kappa shape index (κ3) is 5.85. The fourth-order valence-electron chi connectivity index (χ4n) is 2.85. The number of hydrogen-bond acceptors (Lipinski definition) is 7. The minimum atomic E-state index is -0.200. The highest BCUT2D eigenvalue weighted by molar-refractivity contribution is 9.10. The van der Waals surface area contributed by atoms with E-state index >= 15 is 0 Å². The third-order valence-corrected chi connectivity index (χ3v) is 7.52. The maximum atomic E-state index is 13.0. The maximum Gasteiger partial charge on any atom is 0.268 e. The molecule has 0 unspecified atom stereocenters. The molecule has 2 heterocycles. The monoisotopic (exact) mass is 564 g/mol. The molecule has 0 saturated carbocycles. The Morgan fingerprint density at radius 1 is 1.18 bits per heavy atom. The van der Waals surface area contributed by atoms with Gasteiger partial charge in [-0.15, -0.1) is 0 Å². The van der Waals surface area contributed by atoms with Gasteiger partial charge < -0.3 is 13.9 Å². The fraction of sp³-hybridized carbons (Fsp3) is 0.130. The molecule has 0 aliphatic carbocycles. The van der Waals surface area contributed by atoms with Crippen LogP contribution in [0.25, 0.3) is 6.08 Å². The quantitative estimate of drug-likeness (QED) is 0.286. The summed E-state index contributed by atoms with van der Waals surface area (Å²) in [7, 11) is 3.14. The number of carbonyl (C=O) groups excluding carboxylic acids is 1. The van der Waals surface area contributed by atoms with Crippen molar-refractivity contribution < 1.29 is 18.7 Å². The number of methoxy groups -OCH3 is 2. The molecule has 1 aliphatic rings. The Kier molecular flexibility index (Phi) is 7.87. The van der Waals surface area contributed by atoms with E-state index in [2.05, 4.69) is 20.9 Å². The van der Waals surface area contributed by atoms with Gasteiger partial charge in [-0.2, -0.15) is 0 Å². The summed E-state index contributed by atoms with van der Waals surface area (Å²) in [5, 5.41) is 1.88. The van der Waals surface area contributed by atoms with Crippen LogP contribution in [0.4, 0.5) is 5.69 Å². The average molecular weight is 566 g/mol. The molecule has 1 fully saturated rings. The Labute approximate surface area is 213 Å². The Bertz CT molecular complexity index is 1210. The van der Waals surface area contributed by atoms with Crippen LogP contribution in [0.2, 0.25) is 5.02 Å². The van der Waals surface area contributed by atoms with Gasteiger partial charge in [-0.05, 0) is 82.3 Å². The number of nitrogens with zero attached hydrogens (tertiary/aromatic N) is 2. The van der Waals surface area contributed by atoms with Crippen molar-refractivity contribution in [1.82, 2.24) is 4.90 Å². The van der Waals surface area contributed by atoms with Gasteiger partial charge in [0.15, 0.2) is 10.3 Å². The first-order chi connectivity index (χ1) is 16.0. The SMILES string of the molecule is COCN1C(=O)/C(=C\c2cc(Br)c(Sc3ccc(Cl)cc3)o2)SC1=Nc1ccc(OC)cc1. The van der Waals surface area contributed by atoms with Gasteiger partial charge in [-0.1, -0.05) is 23.4 Å². The summed E-state index contributed by atoms with van der Waals surface area (Å²) in [5.74, 6) is 1.09. The van der Waals surface area contributed by atoms with E-state index in [4.69, 9.17) is 25.5 Å². The molecule has 1 saturated heterocycles. The molecule has 10 heteroatoms. The number of furan rings is 1. The van der Waals surface area contributed by atoms with E-state index in [0.717, 1.165) is 15.1 Å². The number of amidine groups is 1. The minimum Gasteiger partial charge on any atom is -0.497 e. The molecule has 6 nitrogen and oxygen atoms in total. The first kappa shape index (κ1) is 24.0. The summed E-state index contributed by atoms with van der Waals surface area (Å²) in [6, 6.07) is 16.6. The first-order valence-electron chi connectivity index (χ1n) is 9.62. The lowest BCUT2D eigenvalue weighted by molar-refractivity contribution is -0.125. The van der Waals surface area contributed by atoms with Gasteiger partial charge in [0.05, 0.1) is 22.2 Å². The van der Waals surface area contributed by atoms with E-state index in [1.807, 2.05) is 54.6 Å². The van der Waals surface area contributed by atoms with Crippen LogP contribution in [-0.2, 0) is 9.53 Å². The summed E-state index contributed by atoms with van der Waals surface area (Å²) in [6.07, 6.45) is 1.71. The summed E-state index contributed by atoms with van der Waals surface area (Å²) < 4.78 is 17.2. The molecule has 1 aliphatic heterocycles. The van der Waals surface area contributed by atoms with Crippen LogP contribution >= 0.6 is 51.1 Å². The molecule has 4 rings (SSSR count). The van der Waals surface area contributed by atoms with Crippen molar-refractivity contribution in [3.05, 3.63) is 74.8 Å². The number of rotatable bonds is 7.